The number of nitrogens with one attached hydrogen (secondary N) is 1. The Hall–Kier alpha value is -3.17. The van der Waals surface area contributed by atoms with Crippen molar-refractivity contribution in [3.8, 4) is 0 Å². The lowest BCUT2D eigenvalue weighted by atomic mass is 9.90. The number of aryl methyl sites for hydroxylation is 1. The fourth-order valence-electron chi connectivity index (χ4n) is 4.35. The maximum atomic E-state index is 13.7. The van der Waals surface area contributed by atoms with Gasteiger partial charge in [0.05, 0.1) is 11.3 Å². The molecule has 2 aromatic heterocycles. The predicted octanol–water partition coefficient (Wildman–Crippen LogP) is 3.02. The van der Waals surface area contributed by atoms with Crippen LogP contribution in [0.2, 0.25) is 5.02 Å². The summed E-state index contributed by atoms with van der Waals surface area (Å²) in [6.45, 7) is 9.46. The van der Waals surface area contributed by atoms with E-state index in [-0.39, 0.29) is 5.91 Å². The highest BCUT2D eigenvalue weighted by molar-refractivity contribution is 6.30. The van der Waals surface area contributed by atoms with Crippen molar-refractivity contribution in [2.24, 2.45) is 5.73 Å². The molecular weight excluding hydrogens is 468 g/mol. The second-order valence-electron chi connectivity index (χ2n) is 9.79. The monoisotopic (exact) mass is 498 g/mol. The first-order valence-corrected chi connectivity index (χ1v) is 12.0. The number of benzene rings is 1. The second-order valence-corrected chi connectivity index (χ2v) is 10.2. The summed E-state index contributed by atoms with van der Waals surface area (Å²) in [5.74, 6) is -0.862. The molecule has 1 amide bonds. The lowest BCUT2D eigenvalue weighted by molar-refractivity contribution is -0.159. The van der Waals surface area contributed by atoms with Crippen LogP contribution in [0.25, 0.3) is 11.0 Å². The van der Waals surface area contributed by atoms with Crippen LogP contribution in [0.15, 0.2) is 36.8 Å². The fourth-order valence-corrected chi connectivity index (χ4v) is 4.48. The van der Waals surface area contributed by atoms with Crippen LogP contribution in [-0.2, 0) is 14.3 Å². The molecule has 2 unspecified atom stereocenters. The van der Waals surface area contributed by atoms with E-state index < -0.39 is 23.5 Å². The summed E-state index contributed by atoms with van der Waals surface area (Å²) < 4.78 is 5.50. The van der Waals surface area contributed by atoms with Gasteiger partial charge in [0.15, 0.2) is 0 Å². The lowest BCUT2D eigenvalue weighted by Gasteiger charge is -2.38. The molecule has 2 atom stereocenters. The molecule has 0 radical (unpaired) electrons. The minimum atomic E-state index is -1.15. The van der Waals surface area contributed by atoms with E-state index in [1.165, 1.54) is 0 Å². The van der Waals surface area contributed by atoms with Crippen molar-refractivity contribution in [2.45, 2.75) is 45.3 Å². The molecule has 0 spiro atoms. The van der Waals surface area contributed by atoms with E-state index in [2.05, 4.69) is 19.9 Å². The Morgan fingerprint density at radius 2 is 1.77 bits per heavy atom. The number of anilines is 1. The van der Waals surface area contributed by atoms with E-state index in [0.717, 1.165) is 22.4 Å². The zero-order valence-electron chi connectivity index (χ0n) is 20.4. The minimum absolute atomic E-state index is 0.212. The number of ether oxygens (including phenoxy) is 1. The molecule has 1 saturated heterocycles. The van der Waals surface area contributed by atoms with Gasteiger partial charge < -0.3 is 25.3 Å². The summed E-state index contributed by atoms with van der Waals surface area (Å²) >= 11 is 6.06. The molecule has 1 aliphatic rings. The molecule has 0 aliphatic carbocycles. The Bertz CT molecular complexity index is 1210. The van der Waals surface area contributed by atoms with Crippen molar-refractivity contribution >= 4 is 40.3 Å². The largest absolute Gasteiger partial charge is 0.459 e. The third kappa shape index (κ3) is 5.41. The molecule has 1 fully saturated rings. The van der Waals surface area contributed by atoms with Gasteiger partial charge in [0, 0.05) is 37.4 Å². The Morgan fingerprint density at radius 3 is 2.40 bits per heavy atom. The third-order valence-corrected chi connectivity index (χ3v) is 6.32. The molecule has 35 heavy (non-hydrogen) atoms. The maximum absolute atomic E-state index is 13.7. The number of fused-ring (bicyclic) bond motifs is 1. The summed E-state index contributed by atoms with van der Waals surface area (Å²) in [4.78, 5) is 42.4. The van der Waals surface area contributed by atoms with Crippen LogP contribution in [0, 0.1) is 6.92 Å². The number of esters is 1. The van der Waals surface area contributed by atoms with Crippen LogP contribution in [0.4, 0.5) is 5.82 Å². The molecule has 10 heteroatoms. The Morgan fingerprint density at radius 1 is 1.11 bits per heavy atom. The van der Waals surface area contributed by atoms with Crippen molar-refractivity contribution in [3.63, 3.8) is 0 Å². The Kier molecular flexibility index (Phi) is 7.00. The fraction of sp³-hybridized carbons (Fsp3) is 0.440. The molecule has 3 heterocycles. The van der Waals surface area contributed by atoms with Crippen LogP contribution >= 0.6 is 11.6 Å². The molecule has 3 N–H and O–H groups in total. The number of aromatic amines is 1. The molecule has 186 valence electrons. The quantitative estimate of drug-likeness (QED) is 0.519. The standard InChI is InChI=1S/C25H31ClN6O3/c1-15-13-28-21-18(15)22(30-14-29-21)31-9-11-32(12-10-31)23(33)19(16-5-7-17(26)8-6-16)20(27)24(34)35-25(2,3)4/h5-8,13-14,19-20H,9-12,27H2,1-4H3,(H,28,29,30). The number of hydrogen-bond donors (Lipinski definition) is 2. The van der Waals surface area contributed by atoms with Gasteiger partial charge in [-0.05, 0) is 51.0 Å². The van der Waals surface area contributed by atoms with Crippen LogP contribution in [0.3, 0.4) is 0 Å². The van der Waals surface area contributed by atoms with Gasteiger partial charge in [-0.1, -0.05) is 23.7 Å². The number of nitrogens with zero attached hydrogens (tertiary/aromatic N) is 4. The van der Waals surface area contributed by atoms with Gasteiger partial charge >= 0.3 is 5.97 Å². The zero-order valence-corrected chi connectivity index (χ0v) is 21.2. The van der Waals surface area contributed by atoms with Gasteiger partial charge in [-0.2, -0.15) is 0 Å². The number of aromatic nitrogens is 3. The Labute approximate surface area is 209 Å². The molecule has 0 bridgehead atoms. The van der Waals surface area contributed by atoms with Crippen LogP contribution < -0.4 is 10.6 Å². The second kappa shape index (κ2) is 9.83. The molecule has 1 aliphatic heterocycles. The summed E-state index contributed by atoms with van der Waals surface area (Å²) in [5, 5.41) is 1.52. The number of carbonyl (C=O) groups excluding carboxylic acids is 2. The maximum Gasteiger partial charge on any atom is 0.324 e. The lowest BCUT2D eigenvalue weighted by Crippen LogP contribution is -2.54. The van der Waals surface area contributed by atoms with Gasteiger partial charge in [-0.3, -0.25) is 9.59 Å². The van der Waals surface area contributed by atoms with Gasteiger partial charge in [-0.25, -0.2) is 9.97 Å². The molecule has 9 nitrogen and oxygen atoms in total. The number of piperazine rings is 1. The number of nitrogens with two attached hydrogens (primary N) is 1. The van der Waals surface area contributed by atoms with Gasteiger partial charge in [0.2, 0.25) is 5.91 Å². The average molecular weight is 499 g/mol. The molecule has 4 rings (SSSR count). The number of hydrogen-bond acceptors (Lipinski definition) is 7. The van der Waals surface area contributed by atoms with Crippen LogP contribution in [-0.4, -0.2) is 69.6 Å². The third-order valence-electron chi connectivity index (χ3n) is 6.07. The van der Waals surface area contributed by atoms with Gasteiger partial charge in [-0.15, -0.1) is 0 Å². The number of amides is 1. The first kappa shape index (κ1) is 24.9. The van der Waals surface area contributed by atoms with Crippen molar-refractivity contribution in [2.75, 3.05) is 31.1 Å². The highest BCUT2D eigenvalue weighted by Gasteiger charge is 2.38. The van der Waals surface area contributed by atoms with Crippen molar-refractivity contribution in [1.82, 2.24) is 19.9 Å². The highest BCUT2D eigenvalue weighted by atomic mass is 35.5. The van der Waals surface area contributed by atoms with Crippen LogP contribution in [0.5, 0.6) is 0 Å². The molecule has 0 saturated carbocycles. The molecular formula is C25H31ClN6O3. The Balaban J connectivity index is 1.54. The van der Waals surface area contributed by atoms with E-state index >= 15 is 0 Å². The summed E-state index contributed by atoms with van der Waals surface area (Å²) in [7, 11) is 0. The first-order chi connectivity index (χ1) is 16.5. The average Bonchev–Trinajstić information content (AvgIpc) is 3.20. The topological polar surface area (TPSA) is 117 Å². The SMILES string of the molecule is Cc1c[nH]c2ncnc(N3CCN(C(=O)C(c4ccc(Cl)cc4)C(N)C(=O)OC(C)(C)C)CC3)c12. The van der Waals surface area contributed by atoms with E-state index in [1.54, 1.807) is 56.3 Å². The summed E-state index contributed by atoms with van der Waals surface area (Å²) in [5.41, 5.74) is 8.12. The van der Waals surface area contributed by atoms with E-state index in [1.807, 2.05) is 13.1 Å². The number of halogens is 1. The minimum Gasteiger partial charge on any atom is -0.459 e. The number of H-pyrrole nitrogens is 1. The predicted molar refractivity (Wildman–Crippen MR) is 135 cm³/mol. The number of rotatable bonds is 5. The first-order valence-electron chi connectivity index (χ1n) is 11.6. The summed E-state index contributed by atoms with van der Waals surface area (Å²) in [6.07, 6.45) is 3.46. The normalized spacial score (nSPS) is 16.3. The molecule has 1 aromatic carbocycles. The smallest absolute Gasteiger partial charge is 0.324 e. The van der Waals surface area contributed by atoms with E-state index in [9.17, 15) is 9.59 Å². The molecule has 3 aromatic rings. The van der Waals surface area contributed by atoms with E-state index in [4.69, 9.17) is 22.1 Å². The van der Waals surface area contributed by atoms with Gasteiger partial charge in [0.1, 0.15) is 29.4 Å². The zero-order chi connectivity index (χ0) is 25.3. The number of carbonyl (C=O) groups is 2. The summed E-state index contributed by atoms with van der Waals surface area (Å²) in [6, 6.07) is 5.70. The van der Waals surface area contributed by atoms with Crippen molar-refractivity contribution in [3.05, 3.63) is 52.9 Å². The van der Waals surface area contributed by atoms with Gasteiger partial charge in [0.25, 0.3) is 0 Å². The highest BCUT2D eigenvalue weighted by Crippen LogP contribution is 2.29. The van der Waals surface area contributed by atoms with Crippen molar-refractivity contribution < 1.29 is 14.3 Å². The van der Waals surface area contributed by atoms with Crippen molar-refractivity contribution in [1.29, 1.82) is 0 Å². The van der Waals surface area contributed by atoms with Crippen LogP contribution in [0.1, 0.15) is 37.8 Å². The van der Waals surface area contributed by atoms with E-state index in [0.29, 0.717) is 36.8 Å².